The third-order valence-corrected chi connectivity index (χ3v) is 3.91. The molecule has 0 saturated heterocycles. The van der Waals surface area contributed by atoms with Crippen LogP contribution in [-0.4, -0.2) is 20.4 Å². The minimum Gasteiger partial charge on any atom is -0.383 e. The normalized spacial score (nSPS) is 10.6. The lowest BCUT2D eigenvalue weighted by molar-refractivity contribution is 1.10. The molecule has 0 amide bonds. The van der Waals surface area contributed by atoms with Gasteiger partial charge in [-0.1, -0.05) is 0 Å². The van der Waals surface area contributed by atoms with Crippen LogP contribution in [0.5, 0.6) is 0 Å². The van der Waals surface area contributed by atoms with Crippen LogP contribution in [-0.2, 0) is 0 Å². The minimum absolute atomic E-state index is 0.560. The molecule has 0 bridgehead atoms. The van der Waals surface area contributed by atoms with Crippen LogP contribution in [0.4, 0.5) is 11.6 Å². The molecule has 0 atom stereocenters. The summed E-state index contributed by atoms with van der Waals surface area (Å²) in [4.78, 5) is 1.77. The van der Waals surface area contributed by atoms with Crippen LogP contribution in [0.25, 0.3) is 0 Å². The average molecular weight is 228 g/mol. The van der Waals surface area contributed by atoms with Crippen molar-refractivity contribution in [1.29, 1.82) is 0 Å². The number of nitrogens with two attached hydrogens (primary N) is 2. The molecule has 2 heterocycles. The van der Waals surface area contributed by atoms with Crippen molar-refractivity contribution in [2.75, 3.05) is 11.5 Å². The van der Waals surface area contributed by atoms with Crippen molar-refractivity contribution < 1.29 is 0 Å². The average Bonchev–Trinajstić information content (AvgIpc) is 2.72. The predicted octanol–water partition coefficient (Wildman–Crippen LogP) is 1.10. The van der Waals surface area contributed by atoms with E-state index in [0.717, 1.165) is 9.79 Å². The number of hydrogen-bond donors (Lipinski definition) is 4. The summed E-state index contributed by atoms with van der Waals surface area (Å²) in [6.45, 7) is 0. The molecule has 0 saturated carbocycles. The smallest absolute Gasteiger partial charge is 0.133 e. The standard InChI is InChI=1S/C6H8N6S2/c7-5-3(1-9-11-5)13-14-4-2-10-12-6(4)8/h1-2H,(H3,7,9,11)(H3,8,10,12). The topological polar surface area (TPSA) is 109 Å². The highest BCUT2D eigenvalue weighted by Crippen LogP contribution is 2.40. The van der Waals surface area contributed by atoms with Crippen LogP contribution in [0.15, 0.2) is 22.2 Å². The van der Waals surface area contributed by atoms with Crippen molar-refractivity contribution in [1.82, 2.24) is 20.4 Å². The number of nitrogens with zero attached hydrogens (tertiary/aromatic N) is 2. The Morgan fingerprint density at radius 1 is 0.929 bits per heavy atom. The Morgan fingerprint density at radius 2 is 1.36 bits per heavy atom. The van der Waals surface area contributed by atoms with Crippen LogP contribution in [0, 0.1) is 0 Å². The van der Waals surface area contributed by atoms with Crippen molar-refractivity contribution in [3.8, 4) is 0 Å². The third-order valence-electron chi connectivity index (χ3n) is 1.49. The Balaban J connectivity index is 2.02. The Kier molecular flexibility index (Phi) is 2.55. The van der Waals surface area contributed by atoms with Gasteiger partial charge in [0.15, 0.2) is 0 Å². The van der Waals surface area contributed by atoms with E-state index >= 15 is 0 Å². The first-order chi connectivity index (χ1) is 6.77. The lowest BCUT2D eigenvalue weighted by Gasteiger charge is -1.96. The van der Waals surface area contributed by atoms with Gasteiger partial charge in [0.2, 0.25) is 0 Å². The third kappa shape index (κ3) is 1.80. The van der Waals surface area contributed by atoms with E-state index in [0.29, 0.717) is 11.6 Å². The molecule has 0 unspecified atom stereocenters. The fourth-order valence-electron chi connectivity index (χ4n) is 0.793. The van der Waals surface area contributed by atoms with E-state index in [-0.39, 0.29) is 0 Å². The summed E-state index contributed by atoms with van der Waals surface area (Å²) in [6, 6.07) is 0. The quantitative estimate of drug-likeness (QED) is 0.586. The molecule has 6 N–H and O–H groups in total. The molecule has 0 aliphatic carbocycles. The van der Waals surface area contributed by atoms with E-state index in [2.05, 4.69) is 20.4 Å². The summed E-state index contributed by atoms with van der Waals surface area (Å²) in [5, 5.41) is 12.9. The van der Waals surface area contributed by atoms with Crippen LogP contribution < -0.4 is 11.5 Å². The maximum Gasteiger partial charge on any atom is 0.133 e. The van der Waals surface area contributed by atoms with Crippen molar-refractivity contribution in [3.05, 3.63) is 12.4 Å². The molecule has 6 nitrogen and oxygen atoms in total. The van der Waals surface area contributed by atoms with Gasteiger partial charge in [0.25, 0.3) is 0 Å². The van der Waals surface area contributed by atoms with Crippen molar-refractivity contribution in [2.24, 2.45) is 0 Å². The molecule has 2 aromatic rings. The van der Waals surface area contributed by atoms with E-state index in [1.807, 2.05) is 0 Å². The van der Waals surface area contributed by atoms with Crippen LogP contribution >= 0.6 is 21.6 Å². The number of hydrogen-bond acceptors (Lipinski definition) is 6. The van der Waals surface area contributed by atoms with Gasteiger partial charge in [-0.15, -0.1) is 0 Å². The second-order valence-corrected chi connectivity index (χ2v) is 4.68. The molecule has 14 heavy (non-hydrogen) atoms. The van der Waals surface area contributed by atoms with Gasteiger partial charge in [-0.05, 0) is 21.6 Å². The van der Waals surface area contributed by atoms with Crippen molar-refractivity contribution in [2.45, 2.75) is 9.79 Å². The molecule has 0 aliphatic rings. The Labute approximate surface area is 87.6 Å². The zero-order chi connectivity index (χ0) is 9.97. The van der Waals surface area contributed by atoms with Gasteiger partial charge < -0.3 is 11.5 Å². The molecule has 0 fully saturated rings. The number of aromatic nitrogens is 4. The predicted molar refractivity (Wildman–Crippen MR) is 57.7 cm³/mol. The first-order valence-electron chi connectivity index (χ1n) is 3.69. The number of rotatable bonds is 3. The second kappa shape index (κ2) is 3.84. The SMILES string of the molecule is Nc1[nH]ncc1SSc1cn[nH]c1N. The number of nitrogens with one attached hydrogen (secondary N) is 2. The largest absolute Gasteiger partial charge is 0.383 e. The van der Waals surface area contributed by atoms with E-state index < -0.39 is 0 Å². The zero-order valence-electron chi connectivity index (χ0n) is 7.02. The van der Waals surface area contributed by atoms with E-state index in [4.69, 9.17) is 11.5 Å². The number of nitrogen functional groups attached to an aromatic ring is 2. The number of H-pyrrole nitrogens is 2. The lowest BCUT2D eigenvalue weighted by atomic mass is 10.7. The van der Waals surface area contributed by atoms with Crippen molar-refractivity contribution in [3.63, 3.8) is 0 Å². The highest BCUT2D eigenvalue weighted by atomic mass is 33.1. The van der Waals surface area contributed by atoms with Gasteiger partial charge >= 0.3 is 0 Å². The minimum atomic E-state index is 0.560. The zero-order valence-corrected chi connectivity index (χ0v) is 8.65. The molecular weight excluding hydrogens is 220 g/mol. The molecule has 0 aromatic carbocycles. The first kappa shape index (κ1) is 9.28. The van der Waals surface area contributed by atoms with E-state index in [1.54, 1.807) is 12.4 Å². The summed E-state index contributed by atoms with van der Waals surface area (Å²) in [5.41, 5.74) is 11.2. The van der Waals surface area contributed by atoms with Gasteiger partial charge in [-0.3, -0.25) is 10.2 Å². The molecule has 0 aliphatic heterocycles. The van der Waals surface area contributed by atoms with E-state index in [9.17, 15) is 0 Å². The van der Waals surface area contributed by atoms with E-state index in [1.165, 1.54) is 21.6 Å². The summed E-state index contributed by atoms with van der Waals surface area (Å²) in [6.07, 6.45) is 3.34. The Morgan fingerprint density at radius 3 is 1.64 bits per heavy atom. The van der Waals surface area contributed by atoms with Gasteiger partial charge in [0, 0.05) is 0 Å². The van der Waals surface area contributed by atoms with Gasteiger partial charge in [0.05, 0.1) is 22.2 Å². The molecule has 74 valence electrons. The first-order valence-corrected chi connectivity index (χ1v) is 5.84. The maximum atomic E-state index is 5.61. The fourth-order valence-corrected chi connectivity index (χ4v) is 2.77. The Bertz CT molecular complexity index is 381. The number of anilines is 2. The summed E-state index contributed by atoms with van der Waals surface area (Å²) in [7, 11) is 2.97. The van der Waals surface area contributed by atoms with Gasteiger partial charge in [0.1, 0.15) is 11.6 Å². The van der Waals surface area contributed by atoms with Gasteiger partial charge in [-0.25, -0.2) is 0 Å². The molecular formula is C6H8N6S2. The lowest BCUT2D eigenvalue weighted by Crippen LogP contribution is -1.86. The number of aromatic amines is 2. The molecule has 0 radical (unpaired) electrons. The summed E-state index contributed by atoms with van der Waals surface area (Å²) >= 11 is 0. The van der Waals surface area contributed by atoms with Crippen LogP contribution in [0.3, 0.4) is 0 Å². The Hall–Kier alpha value is -1.28. The molecule has 2 aromatic heterocycles. The van der Waals surface area contributed by atoms with Gasteiger partial charge in [-0.2, -0.15) is 10.2 Å². The summed E-state index contributed by atoms with van der Waals surface area (Å²) < 4.78 is 0. The highest BCUT2D eigenvalue weighted by Gasteiger charge is 2.06. The van der Waals surface area contributed by atoms with Crippen molar-refractivity contribution >= 4 is 33.2 Å². The molecule has 8 heteroatoms. The van der Waals surface area contributed by atoms with Crippen LogP contribution in [0.2, 0.25) is 0 Å². The monoisotopic (exact) mass is 228 g/mol. The summed E-state index contributed by atoms with van der Waals surface area (Å²) in [5.74, 6) is 1.12. The highest BCUT2D eigenvalue weighted by molar-refractivity contribution is 8.76. The maximum absolute atomic E-state index is 5.61. The molecule has 2 rings (SSSR count). The molecule has 0 spiro atoms. The van der Waals surface area contributed by atoms with Crippen LogP contribution in [0.1, 0.15) is 0 Å². The second-order valence-electron chi connectivity index (χ2n) is 2.46. The fraction of sp³-hybridized carbons (Fsp3) is 0.